The lowest BCUT2D eigenvalue weighted by molar-refractivity contribution is 0.359. The Morgan fingerprint density at radius 1 is 1.44 bits per heavy atom. The fourth-order valence-corrected chi connectivity index (χ4v) is 1.60. The molecule has 1 aromatic heterocycles. The minimum absolute atomic E-state index is 0.337. The summed E-state index contributed by atoms with van der Waals surface area (Å²) in [5.41, 5.74) is 6.45. The highest BCUT2D eigenvalue weighted by atomic mass is 16.5. The van der Waals surface area contributed by atoms with Gasteiger partial charge in [-0.05, 0) is 24.6 Å². The zero-order valence-corrected chi connectivity index (χ0v) is 10.6. The largest absolute Gasteiger partial charge is 0.497 e. The maximum absolute atomic E-state index is 5.57. The predicted molar refractivity (Wildman–Crippen MR) is 68.2 cm³/mol. The molecule has 0 radical (unpaired) electrons. The first-order valence-corrected chi connectivity index (χ1v) is 5.90. The molecule has 2 aromatic rings. The van der Waals surface area contributed by atoms with E-state index in [1.165, 1.54) is 0 Å². The third-order valence-electron chi connectivity index (χ3n) is 2.72. The summed E-state index contributed by atoms with van der Waals surface area (Å²) in [6, 6.07) is 7.57. The van der Waals surface area contributed by atoms with Crippen LogP contribution in [0.4, 0.5) is 0 Å². The number of nitrogens with zero attached hydrogens (tertiary/aromatic N) is 2. The number of nitrogens with two attached hydrogens (primary N) is 1. The van der Waals surface area contributed by atoms with Crippen LogP contribution in [0, 0.1) is 5.92 Å². The summed E-state index contributed by atoms with van der Waals surface area (Å²) in [5, 5.41) is 3.97. The van der Waals surface area contributed by atoms with Crippen LogP contribution in [0.25, 0.3) is 11.4 Å². The molecule has 0 saturated heterocycles. The van der Waals surface area contributed by atoms with Gasteiger partial charge in [0.15, 0.2) is 0 Å². The second kappa shape index (κ2) is 5.64. The first-order valence-electron chi connectivity index (χ1n) is 5.90. The number of methoxy groups -OCH3 is 1. The lowest BCUT2D eigenvalue weighted by Gasteiger charge is -2.02. The van der Waals surface area contributed by atoms with Gasteiger partial charge < -0.3 is 15.0 Å². The molecule has 5 heteroatoms. The summed E-state index contributed by atoms with van der Waals surface area (Å²) in [6.45, 7) is 2.66. The molecule has 96 valence electrons. The first-order chi connectivity index (χ1) is 8.72. The van der Waals surface area contributed by atoms with Crippen LogP contribution in [0.5, 0.6) is 5.75 Å². The minimum atomic E-state index is 0.337. The SMILES string of the molecule is COc1cccc(-c2noc(CC(C)CN)n2)c1. The number of ether oxygens (including phenoxy) is 1. The molecular weight excluding hydrogens is 230 g/mol. The molecule has 0 aliphatic carbocycles. The van der Waals surface area contributed by atoms with E-state index in [1.807, 2.05) is 24.3 Å². The van der Waals surface area contributed by atoms with Gasteiger partial charge in [-0.15, -0.1) is 0 Å². The van der Waals surface area contributed by atoms with Crippen molar-refractivity contribution in [1.29, 1.82) is 0 Å². The van der Waals surface area contributed by atoms with Crippen molar-refractivity contribution in [3.63, 3.8) is 0 Å². The van der Waals surface area contributed by atoms with Gasteiger partial charge in [-0.2, -0.15) is 4.98 Å². The van der Waals surface area contributed by atoms with Crippen LogP contribution in [-0.4, -0.2) is 23.8 Å². The Kier molecular flexibility index (Phi) is 3.94. The van der Waals surface area contributed by atoms with E-state index in [4.69, 9.17) is 15.0 Å². The van der Waals surface area contributed by atoms with Crippen LogP contribution in [0.2, 0.25) is 0 Å². The summed E-state index contributed by atoms with van der Waals surface area (Å²) in [6.07, 6.45) is 0.702. The normalized spacial score (nSPS) is 12.4. The van der Waals surface area contributed by atoms with E-state index in [2.05, 4.69) is 17.1 Å². The minimum Gasteiger partial charge on any atom is -0.497 e. The summed E-state index contributed by atoms with van der Waals surface area (Å²) in [7, 11) is 1.63. The van der Waals surface area contributed by atoms with E-state index in [9.17, 15) is 0 Å². The molecule has 1 unspecified atom stereocenters. The number of benzene rings is 1. The molecule has 1 heterocycles. The number of rotatable bonds is 5. The van der Waals surface area contributed by atoms with Gasteiger partial charge in [0.05, 0.1) is 7.11 Å². The molecule has 2 rings (SSSR count). The molecule has 1 atom stereocenters. The van der Waals surface area contributed by atoms with Crippen molar-refractivity contribution < 1.29 is 9.26 Å². The Morgan fingerprint density at radius 2 is 2.28 bits per heavy atom. The van der Waals surface area contributed by atoms with E-state index >= 15 is 0 Å². The molecule has 0 aliphatic heterocycles. The van der Waals surface area contributed by atoms with Crippen LogP contribution >= 0.6 is 0 Å². The van der Waals surface area contributed by atoms with Crippen molar-refractivity contribution in [1.82, 2.24) is 10.1 Å². The molecule has 1 aromatic carbocycles. The molecule has 18 heavy (non-hydrogen) atoms. The Labute approximate surface area is 106 Å². The number of hydrogen-bond acceptors (Lipinski definition) is 5. The lowest BCUT2D eigenvalue weighted by Crippen LogP contribution is -2.13. The standard InChI is InChI=1S/C13H17N3O2/c1-9(8-14)6-12-15-13(16-18-12)10-4-3-5-11(7-10)17-2/h3-5,7,9H,6,8,14H2,1-2H3. The van der Waals surface area contributed by atoms with E-state index in [1.54, 1.807) is 7.11 Å². The Balaban J connectivity index is 2.18. The van der Waals surface area contributed by atoms with Crippen molar-refractivity contribution in [2.24, 2.45) is 11.7 Å². The maximum Gasteiger partial charge on any atom is 0.227 e. The van der Waals surface area contributed by atoms with Gasteiger partial charge in [0.2, 0.25) is 11.7 Å². The summed E-state index contributed by atoms with van der Waals surface area (Å²) < 4.78 is 10.4. The van der Waals surface area contributed by atoms with Crippen molar-refractivity contribution >= 4 is 0 Å². The van der Waals surface area contributed by atoms with Crippen molar-refractivity contribution in [3.05, 3.63) is 30.2 Å². The molecule has 5 nitrogen and oxygen atoms in total. The Hall–Kier alpha value is -1.88. The average molecular weight is 247 g/mol. The van der Waals surface area contributed by atoms with Gasteiger partial charge in [-0.1, -0.05) is 24.2 Å². The first kappa shape index (κ1) is 12.6. The second-order valence-corrected chi connectivity index (χ2v) is 4.29. The molecule has 0 spiro atoms. The van der Waals surface area contributed by atoms with Crippen LogP contribution < -0.4 is 10.5 Å². The molecule has 0 aliphatic rings. The molecule has 0 fully saturated rings. The van der Waals surface area contributed by atoms with Crippen LogP contribution in [-0.2, 0) is 6.42 Å². The van der Waals surface area contributed by atoms with Gasteiger partial charge >= 0.3 is 0 Å². The molecule has 0 amide bonds. The lowest BCUT2D eigenvalue weighted by atomic mass is 10.1. The number of aromatic nitrogens is 2. The van der Waals surface area contributed by atoms with Crippen LogP contribution in [0.1, 0.15) is 12.8 Å². The van der Waals surface area contributed by atoms with Crippen LogP contribution in [0.3, 0.4) is 0 Å². The van der Waals surface area contributed by atoms with Crippen molar-refractivity contribution in [2.45, 2.75) is 13.3 Å². The molecular formula is C13H17N3O2. The smallest absolute Gasteiger partial charge is 0.227 e. The van der Waals surface area contributed by atoms with Crippen LogP contribution in [0.15, 0.2) is 28.8 Å². The van der Waals surface area contributed by atoms with Gasteiger partial charge in [0.1, 0.15) is 5.75 Å². The molecule has 2 N–H and O–H groups in total. The molecule has 0 saturated carbocycles. The summed E-state index contributed by atoms with van der Waals surface area (Å²) >= 11 is 0. The number of hydrogen-bond donors (Lipinski definition) is 1. The monoisotopic (exact) mass is 247 g/mol. The third-order valence-corrected chi connectivity index (χ3v) is 2.72. The van der Waals surface area contributed by atoms with Crippen molar-refractivity contribution in [2.75, 3.05) is 13.7 Å². The Bertz CT molecular complexity index is 510. The summed E-state index contributed by atoms with van der Waals surface area (Å²) in [4.78, 5) is 4.35. The topological polar surface area (TPSA) is 74.2 Å². The predicted octanol–water partition coefficient (Wildman–Crippen LogP) is 1.88. The van der Waals surface area contributed by atoms with Gasteiger partial charge in [0, 0.05) is 12.0 Å². The fraction of sp³-hybridized carbons (Fsp3) is 0.385. The van der Waals surface area contributed by atoms with Gasteiger partial charge in [-0.3, -0.25) is 0 Å². The zero-order valence-electron chi connectivity index (χ0n) is 10.6. The summed E-state index contributed by atoms with van der Waals surface area (Å²) in [5.74, 6) is 2.30. The zero-order chi connectivity index (χ0) is 13.0. The second-order valence-electron chi connectivity index (χ2n) is 4.29. The highest BCUT2D eigenvalue weighted by Gasteiger charge is 2.11. The quantitative estimate of drug-likeness (QED) is 0.873. The van der Waals surface area contributed by atoms with Gasteiger partial charge in [0.25, 0.3) is 0 Å². The Morgan fingerprint density at radius 3 is 3.00 bits per heavy atom. The van der Waals surface area contributed by atoms with E-state index in [-0.39, 0.29) is 0 Å². The average Bonchev–Trinajstić information content (AvgIpc) is 2.87. The van der Waals surface area contributed by atoms with E-state index < -0.39 is 0 Å². The molecule has 0 bridgehead atoms. The maximum atomic E-state index is 5.57. The fourth-order valence-electron chi connectivity index (χ4n) is 1.60. The van der Waals surface area contributed by atoms with E-state index in [0.717, 1.165) is 11.3 Å². The highest BCUT2D eigenvalue weighted by Crippen LogP contribution is 2.21. The van der Waals surface area contributed by atoms with Gasteiger partial charge in [-0.25, -0.2) is 0 Å². The van der Waals surface area contributed by atoms with Crippen molar-refractivity contribution in [3.8, 4) is 17.1 Å². The third kappa shape index (κ3) is 2.87. The highest BCUT2D eigenvalue weighted by molar-refractivity contribution is 5.56. The van der Waals surface area contributed by atoms with E-state index in [0.29, 0.717) is 30.6 Å².